The van der Waals surface area contributed by atoms with Gasteiger partial charge in [-0.3, -0.25) is 0 Å². The van der Waals surface area contributed by atoms with E-state index >= 15 is 0 Å². The molecule has 0 spiro atoms. The molecule has 0 fully saturated rings. The zero-order valence-corrected chi connectivity index (χ0v) is 11.3. The fourth-order valence-corrected chi connectivity index (χ4v) is 3.82. The van der Waals surface area contributed by atoms with Crippen LogP contribution in [0.25, 0.3) is 31.0 Å². The number of aromatic hydroxyl groups is 1. The zero-order chi connectivity index (χ0) is 12.8. The number of rotatable bonds is 1. The molecule has 0 amide bonds. The van der Waals surface area contributed by atoms with Crippen LogP contribution in [-0.4, -0.2) is 15.1 Å². The molecule has 2 aromatic carbocycles. The van der Waals surface area contributed by atoms with Crippen LogP contribution in [0.5, 0.6) is 5.19 Å². The molecule has 0 atom stereocenters. The smallest absolute Gasteiger partial charge is 0.271 e. The number of nitrogens with zero attached hydrogens (tertiary/aromatic N) is 2. The van der Waals surface area contributed by atoms with Crippen molar-refractivity contribution in [1.82, 2.24) is 9.97 Å². The molecule has 0 aliphatic rings. The van der Waals surface area contributed by atoms with E-state index in [1.54, 1.807) is 11.3 Å². The molecule has 0 bridgehead atoms. The molecule has 2 aromatic heterocycles. The molecule has 0 saturated carbocycles. The van der Waals surface area contributed by atoms with Gasteiger partial charge in [0.05, 0.1) is 20.4 Å². The van der Waals surface area contributed by atoms with Gasteiger partial charge in [-0.15, -0.1) is 11.3 Å². The first-order chi connectivity index (χ1) is 9.31. The highest BCUT2D eigenvalue weighted by Gasteiger charge is 2.12. The second-order valence-electron chi connectivity index (χ2n) is 4.14. The summed E-state index contributed by atoms with van der Waals surface area (Å²) in [4.78, 5) is 8.84. The van der Waals surface area contributed by atoms with Crippen LogP contribution in [0.3, 0.4) is 0 Å². The molecule has 3 nitrogen and oxygen atoms in total. The van der Waals surface area contributed by atoms with Crippen LogP contribution >= 0.6 is 22.7 Å². The molecule has 1 N–H and O–H groups in total. The van der Waals surface area contributed by atoms with Crippen molar-refractivity contribution < 1.29 is 5.11 Å². The molecule has 0 radical (unpaired) electrons. The van der Waals surface area contributed by atoms with Crippen LogP contribution in [-0.2, 0) is 0 Å². The molecule has 2 heterocycles. The van der Waals surface area contributed by atoms with Crippen molar-refractivity contribution in [2.24, 2.45) is 0 Å². The lowest BCUT2D eigenvalue weighted by Crippen LogP contribution is -1.78. The highest BCUT2D eigenvalue weighted by molar-refractivity contribution is 7.22. The summed E-state index contributed by atoms with van der Waals surface area (Å²) >= 11 is 2.94. The first-order valence-electron chi connectivity index (χ1n) is 5.76. The molecule has 0 saturated heterocycles. The summed E-state index contributed by atoms with van der Waals surface area (Å²) in [5.41, 5.74) is 2.80. The number of hydrogen-bond donors (Lipinski definition) is 1. The zero-order valence-electron chi connectivity index (χ0n) is 9.70. The average Bonchev–Trinajstić information content (AvgIpc) is 2.99. The van der Waals surface area contributed by atoms with Crippen molar-refractivity contribution in [3.05, 3.63) is 42.5 Å². The summed E-state index contributed by atoms with van der Waals surface area (Å²) in [6.45, 7) is 0. The van der Waals surface area contributed by atoms with E-state index in [1.807, 2.05) is 36.4 Å². The molecule has 92 valence electrons. The second-order valence-corrected chi connectivity index (χ2v) is 6.18. The highest BCUT2D eigenvalue weighted by Crippen LogP contribution is 2.37. The molecule has 5 heteroatoms. The number of fused-ring (bicyclic) bond motifs is 2. The third-order valence-electron chi connectivity index (χ3n) is 2.93. The summed E-state index contributed by atoms with van der Waals surface area (Å²) in [6.07, 6.45) is 0. The number of benzene rings is 2. The Labute approximate surface area is 116 Å². The summed E-state index contributed by atoms with van der Waals surface area (Å²) in [6, 6.07) is 14.0. The predicted molar refractivity (Wildman–Crippen MR) is 79.9 cm³/mol. The number of thiazole rings is 2. The SMILES string of the molecule is Oc1nc2c(-c3nc4ccccc4s3)cccc2s1. The van der Waals surface area contributed by atoms with Gasteiger partial charge in [-0.25, -0.2) is 9.97 Å². The van der Waals surface area contributed by atoms with E-state index in [2.05, 4.69) is 16.0 Å². The van der Waals surface area contributed by atoms with Gasteiger partial charge < -0.3 is 5.11 Å². The van der Waals surface area contributed by atoms with Crippen LogP contribution in [0.4, 0.5) is 0 Å². The Morgan fingerprint density at radius 1 is 0.842 bits per heavy atom. The number of aromatic nitrogens is 2. The average molecular weight is 284 g/mol. The van der Waals surface area contributed by atoms with E-state index in [4.69, 9.17) is 0 Å². The standard InChI is InChI=1S/C14H8N2OS2/c17-14-16-12-8(4-3-7-11(12)19-14)13-15-9-5-1-2-6-10(9)18-13/h1-7H,(H,16,17). The van der Waals surface area contributed by atoms with E-state index in [-0.39, 0.29) is 5.19 Å². The summed E-state index contributed by atoms with van der Waals surface area (Å²) < 4.78 is 2.14. The predicted octanol–water partition coefficient (Wildman–Crippen LogP) is 4.28. The van der Waals surface area contributed by atoms with Crippen molar-refractivity contribution in [1.29, 1.82) is 0 Å². The first-order valence-corrected chi connectivity index (χ1v) is 7.39. The lowest BCUT2D eigenvalue weighted by molar-refractivity contribution is 0.472. The molecule has 0 aliphatic heterocycles. The Balaban J connectivity index is 2.03. The fourth-order valence-electron chi connectivity index (χ4n) is 2.10. The van der Waals surface area contributed by atoms with E-state index < -0.39 is 0 Å². The fraction of sp³-hybridized carbons (Fsp3) is 0. The minimum absolute atomic E-state index is 0.101. The topological polar surface area (TPSA) is 46.0 Å². The van der Waals surface area contributed by atoms with Crippen LogP contribution in [0, 0.1) is 0 Å². The minimum atomic E-state index is 0.101. The molecule has 4 aromatic rings. The van der Waals surface area contributed by atoms with Gasteiger partial charge in [0, 0.05) is 5.56 Å². The maximum Gasteiger partial charge on any atom is 0.271 e. The second kappa shape index (κ2) is 4.01. The molecule has 0 unspecified atom stereocenters. The number of para-hydroxylation sites is 2. The van der Waals surface area contributed by atoms with Gasteiger partial charge >= 0.3 is 0 Å². The van der Waals surface area contributed by atoms with Gasteiger partial charge in [0.1, 0.15) is 5.01 Å². The van der Waals surface area contributed by atoms with Crippen molar-refractivity contribution in [3.8, 4) is 15.8 Å². The van der Waals surface area contributed by atoms with Crippen molar-refractivity contribution in [2.75, 3.05) is 0 Å². The Hall–Kier alpha value is -1.98. The van der Waals surface area contributed by atoms with Gasteiger partial charge in [-0.2, -0.15) is 0 Å². The molecule has 4 rings (SSSR count). The van der Waals surface area contributed by atoms with E-state index in [0.29, 0.717) is 0 Å². The Bertz CT molecular complexity index is 862. The molecule has 19 heavy (non-hydrogen) atoms. The summed E-state index contributed by atoms with van der Waals surface area (Å²) in [5.74, 6) is 0. The summed E-state index contributed by atoms with van der Waals surface area (Å²) in [7, 11) is 0. The summed E-state index contributed by atoms with van der Waals surface area (Å²) in [5, 5.41) is 10.6. The van der Waals surface area contributed by atoms with Crippen molar-refractivity contribution in [2.45, 2.75) is 0 Å². The van der Waals surface area contributed by atoms with Gasteiger partial charge in [-0.1, -0.05) is 29.5 Å². The Morgan fingerprint density at radius 2 is 1.68 bits per heavy atom. The maximum atomic E-state index is 9.56. The van der Waals surface area contributed by atoms with Crippen LogP contribution < -0.4 is 0 Å². The van der Waals surface area contributed by atoms with Gasteiger partial charge in [0.15, 0.2) is 0 Å². The third kappa shape index (κ3) is 1.70. The Morgan fingerprint density at radius 3 is 2.58 bits per heavy atom. The molecule has 0 aliphatic carbocycles. The number of hydrogen-bond acceptors (Lipinski definition) is 5. The van der Waals surface area contributed by atoms with E-state index in [9.17, 15) is 5.11 Å². The molecular weight excluding hydrogens is 276 g/mol. The minimum Gasteiger partial charge on any atom is -0.486 e. The Kier molecular flexibility index (Phi) is 2.30. The normalized spacial score (nSPS) is 11.4. The maximum absolute atomic E-state index is 9.56. The van der Waals surface area contributed by atoms with Gasteiger partial charge in [0.25, 0.3) is 5.19 Å². The highest BCUT2D eigenvalue weighted by atomic mass is 32.1. The van der Waals surface area contributed by atoms with E-state index in [1.165, 1.54) is 11.3 Å². The monoisotopic (exact) mass is 284 g/mol. The van der Waals surface area contributed by atoms with E-state index in [0.717, 1.165) is 31.0 Å². The molecular formula is C14H8N2OS2. The largest absolute Gasteiger partial charge is 0.486 e. The lowest BCUT2D eigenvalue weighted by Gasteiger charge is -1.96. The lowest BCUT2D eigenvalue weighted by atomic mass is 10.2. The first kappa shape index (κ1) is 10.9. The van der Waals surface area contributed by atoms with Crippen LogP contribution in [0.2, 0.25) is 0 Å². The van der Waals surface area contributed by atoms with Crippen molar-refractivity contribution >= 4 is 43.1 Å². The third-order valence-corrected chi connectivity index (χ3v) is 4.82. The van der Waals surface area contributed by atoms with Gasteiger partial charge in [-0.05, 0) is 24.3 Å². The van der Waals surface area contributed by atoms with Crippen LogP contribution in [0.1, 0.15) is 0 Å². The van der Waals surface area contributed by atoms with Crippen LogP contribution in [0.15, 0.2) is 42.5 Å². The van der Waals surface area contributed by atoms with Crippen molar-refractivity contribution in [3.63, 3.8) is 0 Å². The van der Waals surface area contributed by atoms with Gasteiger partial charge in [0.2, 0.25) is 0 Å². The quantitative estimate of drug-likeness (QED) is 0.567.